The van der Waals surface area contributed by atoms with Crippen LogP contribution in [0.25, 0.3) is 0 Å². The highest BCUT2D eigenvalue weighted by Crippen LogP contribution is 2.27. The summed E-state index contributed by atoms with van der Waals surface area (Å²) in [5.41, 5.74) is 0. The molecule has 3 rings (SSSR count). The topological polar surface area (TPSA) is 18.5 Å². The predicted octanol–water partition coefficient (Wildman–Crippen LogP) is 0.766. The van der Waals surface area contributed by atoms with Crippen LogP contribution in [0.3, 0.4) is 0 Å². The quantitative estimate of drug-likeness (QED) is 0.762. The van der Waals surface area contributed by atoms with Crippen molar-refractivity contribution in [2.75, 3.05) is 45.8 Å². The van der Waals surface area contributed by atoms with Gasteiger partial charge in [0.1, 0.15) is 0 Å². The zero-order valence-electron chi connectivity index (χ0n) is 10.3. The minimum Gasteiger partial charge on any atom is -0.316 e. The first-order valence-electron chi connectivity index (χ1n) is 7.09. The van der Waals surface area contributed by atoms with Gasteiger partial charge in [-0.15, -0.1) is 0 Å². The van der Waals surface area contributed by atoms with Crippen LogP contribution >= 0.6 is 0 Å². The van der Waals surface area contributed by atoms with E-state index in [1.54, 1.807) is 0 Å². The van der Waals surface area contributed by atoms with E-state index in [-0.39, 0.29) is 0 Å². The maximum Gasteiger partial charge on any atom is 0.0113 e. The van der Waals surface area contributed by atoms with Crippen molar-refractivity contribution < 1.29 is 0 Å². The second-order valence-electron chi connectivity index (χ2n) is 5.78. The van der Waals surface area contributed by atoms with Crippen LogP contribution in [0.2, 0.25) is 0 Å². The number of rotatable bonds is 3. The molecule has 3 heteroatoms. The van der Waals surface area contributed by atoms with Crippen molar-refractivity contribution in [3.8, 4) is 0 Å². The molecule has 0 aromatic heterocycles. The molecule has 3 aliphatic rings. The summed E-state index contributed by atoms with van der Waals surface area (Å²) in [5, 5.41) is 3.52. The van der Waals surface area contributed by atoms with Gasteiger partial charge in [-0.2, -0.15) is 0 Å². The summed E-state index contributed by atoms with van der Waals surface area (Å²) in [5.74, 6) is 0.918. The average Bonchev–Trinajstić information content (AvgIpc) is 3.15. The van der Waals surface area contributed by atoms with E-state index in [4.69, 9.17) is 0 Å². The molecule has 16 heavy (non-hydrogen) atoms. The van der Waals surface area contributed by atoms with Gasteiger partial charge in [0.05, 0.1) is 0 Å². The SMILES string of the molecule is C1CNCC(CN2CCN(C3CC3)CC2)C1. The van der Waals surface area contributed by atoms with Gasteiger partial charge in [-0.3, -0.25) is 4.90 Å². The molecule has 1 unspecified atom stereocenters. The minimum absolute atomic E-state index is 0.918. The van der Waals surface area contributed by atoms with E-state index < -0.39 is 0 Å². The van der Waals surface area contributed by atoms with Crippen molar-refractivity contribution in [2.24, 2.45) is 5.92 Å². The van der Waals surface area contributed by atoms with E-state index in [1.165, 1.54) is 71.5 Å². The lowest BCUT2D eigenvalue weighted by Gasteiger charge is -2.37. The van der Waals surface area contributed by atoms with Gasteiger partial charge in [0.25, 0.3) is 0 Å². The predicted molar refractivity (Wildman–Crippen MR) is 66.6 cm³/mol. The van der Waals surface area contributed by atoms with Crippen LogP contribution in [-0.2, 0) is 0 Å². The van der Waals surface area contributed by atoms with Crippen molar-refractivity contribution in [1.29, 1.82) is 0 Å². The number of hydrogen-bond acceptors (Lipinski definition) is 3. The molecule has 1 aliphatic carbocycles. The number of piperazine rings is 1. The monoisotopic (exact) mass is 223 g/mol. The Bertz CT molecular complexity index is 213. The van der Waals surface area contributed by atoms with Crippen molar-refractivity contribution in [1.82, 2.24) is 15.1 Å². The molecule has 0 spiro atoms. The Kier molecular flexibility index (Phi) is 3.46. The molecular formula is C13H25N3. The van der Waals surface area contributed by atoms with Crippen molar-refractivity contribution in [3.63, 3.8) is 0 Å². The molecular weight excluding hydrogens is 198 g/mol. The van der Waals surface area contributed by atoms with E-state index in [0.29, 0.717) is 0 Å². The first-order valence-corrected chi connectivity index (χ1v) is 7.09. The Morgan fingerprint density at radius 2 is 1.81 bits per heavy atom. The molecule has 1 N–H and O–H groups in total. The molecule has 0 amide bonds. The number of nitrogens with one attached hydrogen (secondary N) is 1. The first-order chi connectivity index (χ1) is 7.92. The van der Waals surface area contributed by atoms with Gasteiger partial charge in [-0.1, -0.05) is 0 Å². The number of piperidine rings is 1. The third kappa shape index (κ3) is 2.76. The van der Waals surface area contributed by atoms with Gasteiger partial charge in [-0.05, 0) is 44.7 Å². The molecule has 1 atom stereocenters. The lowest BCUT2D eigenvalue weighted by Crippen LogP contribution is -2.49. The fourth-order valence-corrected chi connectivity index (χ4v) is 3.20. The molecule has 1 saturated carbocycles. The highest BCUT2D eigenvalue weighted by molar-refractivity contribution is 4.88. The van der Waals surface area contributed by atoms with Crippen LogP contribution in [-0.4, -0.2) is 61.7 Å². The largest absolute Gasteiger partial charge is 0.316 e. The molecule has 92 valence electrons. The van der Waals surface area contributed by atoms with Gasteiger partial charge in [0, 0.05) is 38.8 Å². The van der Waals surface area contributed by atoms with E-state index in [0.717, 1.165) is 12.0 Å². The van der Waals surface area contributed by atoms with E-state index in [9.17, 15) is 0 Å². The summed E-state index contributed by atoms with van der Waals surface area (Å²) >= 11 is 0. The summed E-state index contributed by atoms with van der Waals surface area (Å²) in [4.78, 5) is 5.40. The smallest absolute Gasteiger partial charge is 0.0113 e. The Morgan fingerprint density at radius 3 is 2.44 bits per heavy atom. The number of hydrogen-bond donors (Lipinski definition) is 1. The Hall–Kier alpha value is -0.120. The molecule has 3 fully saturated rings. The summed E-state index contributed by atoms with van der Waals surface area (Å²) in [6.07, 6.45) is 5.75. The second kappa shape index (κ2) is 5.03. The normalized spacial score (nSPS) is 34.1. The third-order valence-electron chi connectivity index (χ3n) is 4.39. The zero-order valence-corrected chi connectivity index (χ0v) is 10.3. The molecule has 3 nitrogen and oxygen atoms in total. The van der Waals surface area contributed by atoms with Gasteiger partial charge >= 0.3 is 0 Å². The van der Waals surface area contributed by atoms with Crippen LogP contribution in [0.15, 0.2) is 0 Å². The molecule has 0 radical (unpaired) electrons. The van der Waals surface area contributed by atoms with Gasteiger partial charge in [-0.25, -0.2) is 0 Å². The van der Waals surface area contributed by atoms with Crippen LogP contribution in [0.1, 0.15) is 25.7 Å². The van der Waals surface area contributed by atoms with Crippen molar-refractivity contribution >= 4 is 0 Å². The van der Waals surface area contributed by atoms with E-state index >= 15 is 0 Å². The number of nitrogens with zero attached hydrogens (tertiary/aromatic N) is 2. The lowest BCUT2D eigenvalue weighted by molar-refractivity contribution is 0.107. The van der Waals surface area contributed by atoms with Gasteiger partial charge in [0.2, 0.25) is 0 Å². The van der Waals surface area contributed by atoms with Crippen molar-refractivity contribution in [3.05, 3.63) is 0 Å². The van der Waals surface area contributed by atoms with Crippen LogP contribution in [0, 0.1) is 5.92 Å². The molecule has 0 bridgehead atoms. The highest BCUT2D eigenvalue weighted by atomic mass is 15.3. The molecule has 2 saturated heterocycles. The average molecular weight is 223 g/mol. The zero-order chi connectivity index (χ0) is 10.8. The Balaban J connectivity index is 1.39. The highest BCUT2D eigenvalue weighted by Gasteiger charge is 2.31. The molecule has 2 heterocycles. The van der Waals surface area contributed by atoms with Crippen LogP contribution < -0.4 is 5.32 Å². The summed E-state index contributed by atoms with van der Waals surface area (Å²) in [6.45, 7) is 9.11. The summed E-state index contributed by atoms with van der Waals surface area (Å²) in [7, 11) is 0. The van der Waals surface area contributed by atoms with Crippen LogP contribution in [0.4, 0.5) is 0 Å². The lowest BCUT2D eigenvalue weighted by atomic mass is 9.99. The van der Waals surface area contributed by atoms with Gasteiger partial charge < -0.3 is 10.2 Å². The van der Waals surface area contributed by atoms with E-state index in [1.807, 2.05) is 0 Å². The van der Waals surface area contributed by atoms with E-state index in [2.05, 4.69) is 15.1 Å². The Labute approximate surface area is 99.2 Å². The first kappa shape index (κ1) is 11.0. The molecule has 0 aromatic rings. The summed E-state index contributed by atoms with van der Waals surface area (Å²) < 4.78 is 0. The maximum absolute atomic E-state index is 3.52. The fraction of sp³-hybridized carbons (Fsp3) is 1.00. The minimum atomic E-state index is 0.918. The Morgan fingerprint density at radius 1 is 1.00 bits per heavy atom. The fourth-order valence-electron chi connectivity index (χ4n) is 3.20. The molecule has 0 aromatic carbocycles. The summed E-state index contributed by atoms with van der Waals surface area (Å²) in [6, 6.07) is 0.971. The van der Waals surface area contributed by atoms with Gasteiger partial charge in [0.15, 0.2) is 0 Å². The van der Waals surface area contributed by atoms with Crippen molar-refractivity contribution in [2.45, 2.75) is 31.7 Å². The molecule has 2 aliphatic heterocycles. The second-order valence-corrected chi connectivity index (χ2v) is 5.78. The van der Waals surface area contributed by atoms with Crippen LogP contribution in [0.5, 0.6) is 0 Å². The standard InChI is InChI=1S/C13H25N3/c1-2-12(10-14-5-1)11-15-6-8-16(9-7-15)13-3-4-13/h12-14H,1-11H2. The maximum atomic E-state index is 3.52. The third-order valence-corrected chi connectivity index (χ3v) is 4.39.